The van der Waals surface area contributed by atoms with Gasteiger partial charge in [0.25, 0.3) is 0 Å². The number of carbonyl (C=O) groups is 1. The first-order valence-electron chi connectivity index (χ1n) is 6.84. The molecule has 3 nitrogen and oxygen atoms in total. The van der Waals surface area contributed by atoms with Gasteiger partial charge in [0.15, 0.2) is 0 Å². The van der Waals surface area contributed by atoms with Gasteiger partial charge in [-0.3, -0.25) is 0 Å². The molecule has 0 spiro atoms. The second-order valence-corrected chi connectivity index (χ2v) is 6.03. The maximum Gasteiger partial charge on any atom is 0.410 e. The number of carbonyl (C=O) groups excluding carboxylic acids is 1. The number of terminal acetylenes is 1. The van der Waals surface area contributed by atoms with E-state index < -0.39 is 5.60 Å². The summed E-state index contributed by atoms with van der Waals surface area (Å²) in [6.45, 7) is 7.35. The number of nitrogens with zero attached hydrogens (tertiary/aromatic N) is 1. The largest absolute Gasteiger partial charge is 0.444 e. The van der Waals surface area contributed by atoms with Crippen LogP contribution in [0.1, 0.15) is 52.9 Å². The molecule has 102 valence electrons. The Morgan fingerprint density at radius 1 is 1.50 bits per heavy atom. The highest BCUT2D eigenvalue weighted by Gasteiger charge is 2.27. The first-order valence-corrected chi connectivity index (χ1v) is 6.84. The summed E-state index contributed by atoms with van der Waals surface area (Å²) >= 11 is 0. The second-order valence-electron chi connectivity index (χ2n) is 6.03. The Kier molecular flexibility index (Phi) is 5.53. The Morgan fingerprint density at radius 3 is 2.83 bits per heavy atom. The van der Waals surface area contributed by atoms with Gasteiger partial charge < -0.3 is 9.64 Å². The van der Waals surface area contributed by atoms with Crippen molar-refractivity contribution in [3.8, 4) is 12.3 Å². The minimum atomic E-state index is -0.409. The number of ether oxygens (including phenoxy) is 1. The van der Waals surface area contributed by atoms with Crippen LogP contribution in [0.3, 0.4) is 0 Å². The predicted octanol–water partition coefficient (Wildman–Crippen LogP) is 3.44. The molecule has 0 aromatic rings. The second kappa shape index (κ2) is 6.68. The van der Waals surface area contributed by atoms with Crippen molar-refractivity contribution < 1.29 is 9.53 Å². The van der Waals surface area contributed by atoms with Gasteiger partial charge in [-0.15, -0.1) is 12.3 Å². The maximum atomic E-state index is 12.0. The van der Waals surface area contributed by atoms with E-state index in [4.69, 9.17) is 11.2 Å². The van der Waals surface area contributed by atoms with E-state index in [-0.39, 0.29) is 6.09 Å². The van der Waals surface area contributed by atoms with Gasteiger partial charge in [-0.05, 0) is 52.4 Å². The summed E-state index contributed by atoms with van der Waals surface area (Å²) in [6, 6.07) is 0. The lowest BCUT2D eigenvalue weighted by atomic mass is 9.93. The van der Waals surface area contributed by atoms with Crippen LogP contribution >= 0.6 is 0 Å². The molecule has 1 atom stereocenters. The SMILES string of the molecule is C#CCCCC1CCCN(C(=O)OC(C)(C)C)C1. The van der Waals surface area contributed by atoms with Gasteiger partial charge >= 0.3 is 6.09 Å². The van der Waals surface area contributed by atoms with Gasteiger partial charge in [-0.2, -0.15) is 0 Å². The van der Waals surface area contributed by atoms with Crippen molar-refractivity contribution >= 4 is 6.09 Å². The molecule has 1 rings (SSSR count). The Morgan fingerprint density at radius 2 is 2.22 bits per heavy atom. The summed E-state index contributed by atoms with van der Waals surface area (Å²) < 4.78 is 5.41. The van der Waals surface area contributed by atoms with E-state index in [1.807, 2.05) is 25.7 Å². The van der Waals surface area contributed by atoms with Crippen LogP contribution < -0.4 is 0 Å². The summed E-state index contributed by atoms with van der Waals surface area (Å²) in [4.78, 5) is 13.8. The summed E-state index contributed by atoms with van der Waals surface area (Å²) in [6.07, 6.45) is 10.4. The molecule has 1 aliphatic rings. The van der Waals surface area contributed by atoms with Crippen LogP contribution in [0.2, 0.25) is 0 Å². The Balaban J connectivity index is 2.39. The van der Waals surface area contributed by atoms with Crippen LogP contribution in [-0.2, 0) is 4.74 Å². The third-order valence-electron chi connectivity index (χ3n) is 3.10. The van der Waals surface area contributed by atoms with Crippen molar-refractivity contribution in [2.75, 3.05) is 13.1 Å². The number of unbranched alkanes of at least 4 members (excludes halogenated alkanes) is 1. The van der Waals surface area contributed by atoms with Gasteiger partial charge in [0.05, 0.1) is 0 Å². The van der Waals surface area contributed by atoms with E-state index in [9.17, 15) is 4.79 Å². The highest BCUT2D eigenvalue weighted by Crippen LogP contribution is 2.23. The normalized spacial score (nSPS) is 20.3. The minimum absolute atomic E-state index is 0.177. The summed E-state index contributed by atoms with van der Waals surface area (Å²) in [5.41, 5.74) is -0.409. The topological polar surface area (TPSA) is 29.5 Å². The van der Waals surface area contributed by atoms with Crippen molar-refractivity contribution in [1.29, 1.82) is 0 Å². The van der Waals surface area contributed by atoms with Crippen molar-refractivity contribution in [2.45, 2.75) is 58.5 Å². The number of hydrogen-bond acceptors (Lipinski definition) is 2. The molecular formula is C15H25NO2. The van der Waals surface area contributed by atoms with E-state index in [1.165, 1.54) is 6.42 Å². The monoisotopic (exact) mass is 251 g/mol. The van der Waals surface area contributed by atoms with Crippen LogP contribution in [0, 0.1) is 18.3 Å². The molecular weight excluding hydrogens is 226 g/mol. The third kappa shape index (κ3) is 5.44. The number of hydrogen-bond donors (Lipinski definition) is 0. The maximum absolute atomic E-state index is 12.0. The zero-order chi connectivity index (χ0) is 13.6. The number of piperidine rings is 1. The van der Waals surface area contributed by atoms with Crippen molar-refractivity contribution in [2.24, 2.45) is 5.92 Å². The van der Waals surface area contributed by atoms with Gasteiger partial charge in [0, 0.05) is 19.5 Å². The molecule has 3 heteroatoms. The molecule has 1 amide bonds. The van der Waals surface area contributed by atoms with E-state index in [2.05, 4.69) is 5.92 Å². The molecule has 1 unspecified atom stereocenters. The molecule has 0 aliphatic carbocycles. The van der Waals surface area contributed by atoms with Gasteiger partial charge in [-0.1, -0.05) is 0 Å². The fourth-order valence-corrected chi connectivity index (χ4v) is 2.29. The molecule has 0 aromatic heterocycles. The van der Waals surface area contributed by atoms with Crippen LogP contribution in [0.4, 0.5) is 4.79 Å². The Bertz CT molecular complexity index is 311. The molecule has 0 saturated carbocycles. The Hall–Kier alpha value is -1.17. The molecule has 0 radical (unpaired) electrons. The standard InChI is InChI=1S/C15H25NO2/c1-5-6-7-9-13-10-8-11-16(12-13)14(17)18-15(2,3)4/h1,13H,6-12H2,2-4H3. The van der Waals surface area contributed by atoms with E-state index >= 15 is 0 Å². The molecule has 1 aliphatic heterocycles. The zero-order valence-corrected chi connectivity index (χ0v) is 11.9. The summed E-state index contributed by atoms with van der Waals surface area (Å²) in [7, 11) is 0. The predicted molar refractivity (Wildman–Crippen MR) is 73.2 cm³/mol. The summed E-state index contributed by atoms with van der Waals surface area (Å²) in [5.74, 6) is 3.25. The van der Waals surface area contributed by atoms with Crippen LogP contribution in [0.5, 0.6) is 0 Å². The van der Waals surface area contributed by atoms with Crippen molar-refractivity contribution in [3.63, 3.8) is 0 Å². The third-order valence-corrected chi connectivity index (χ3v) is 3.10. The van der Waals surface area contributed by atoms with E-state index in [1.54, 1.807) is 0 Å². The van der Waals surface area contributed by atoms with Crippen molar-refractivity contribution in [1.82, 2.24) is 4.90 Å². The quantitative estimate of drug-likeness (QED) is 0.568. The highest BCUT2D eigenvalue weighted by atomic mass is 16.6. The highest BCUT2D eigenvalue weighted by molar-refractivity contribution is 5.68. The van der Waals surface area contributed by atoms with Crippen LogP contribution in [0.25, 0.3) is 0 Å². The van der Waals surface area contributed by atoms with Crippen LogP contribution in [0.15, 0.2) is 0 Å². The Labute approximate surface area is 111 Å². The lowest BCUT2D eigenvalue weighted by molar-refractivity contribution is 0.0161. The fraction of sp³-hybridized carbons (Fsp3) is 0.800. The average Bonchev–Trinajstić information content (AvgIpc) is 2.27. The first-order chi connectivity index (χ1) is 8.42. The van der Waals surface area contributed by atoms with Crippen molar-refractivity contribution in [3.05, 3.63) is 0 Å². The molecule has 1 fully saturated rings. The van der Waals surface area contributed by atoms with Crippen LogP contribution in [-0.4, -0.2) is 29.7 Å². The van der Waals surface area contributed by atoms with E-state index in [0.29, 0.717) is 5.92 Å². The van der Waals surface area contributed by atoms with Gasteiger partial charge in [0.1, 0.15) is 5.60 Å². The first kappa shape index (κ1) is 14.9. The zero-order valence-electron chi connectivity index (χ0n) is 11.9. The lowest BCUT2D eigenvalue weighted by Gasteiger charge is -2.34. The number of amides is 1. The number of rotatable bonds is 3. The minimum Gasteiger partial charge on any atom is -0.444 e. The van der Waals surface area contributed by atoms with E-state index in [0.717, 1.165) is 38.8 Å². The average molecular weight is 251 g/mol. The van der Waals surface area contributed by atoms with Gasteiger partial charge in [-0.25, -0.2) is 4.79 Å². The molecule has 0 N–H and O–H groups in total. The fourth-order valence-electron chi connectivity index (χ4n) is 2.29. The molecule has 1 heterocycles. The molecule has 18 heavy (non-hydrogen) atoms. The smallest absolute Gasteiger partial charge is 0.410 e. The number of likely N-dealkylation sites (tertiary alicyclic amines) is 1. The molecule has 0 bridgehead atoms. The molecule has 1 saturated heterocycles. The van der Waals surface area contributed by atoms with Gasteiger partial charge in [0.2, 0.25) is 0 Å². The molecule has 0 aromatic carbocycles. The lowest BCUT2D eigenvalue weighted by Crippen LogP contribution is -2.42. The summed E-state index contributed by atoms with van der Waals surface area (Å²) in [5, 5.41) is 0.